The summed E-state index contributed by atoms with van der Waals surface area (Å²) in [5.74, 6) is 1.72. The first-order chi connectivity index (χ1) is 10.0. The van der Waals surface area contributed by atoms with E-state index < -0.39 is 0 Å². The molecule has 1 fully saturated rings. The van der Waals surface area contributed by atoms with Gasteiger partial charge in [0, 0.05) is 10.0 Å². The highest BCUT2D eigenvalue weighted by Gasteiger charge is 2.24. The van der Waals surface area contributed by atoms with E-state index in [0.29, 0.717) is 0 Å². The van der Waals surface area contributed by atoms with Gasteiger partial charge in [-0.05, 0) is 43.4 Å². The summed E-state index contributed by atoms with van der Waals surface area (Å²) in [6.07, 6.45) is 9.23. The number of ether oxygens (including phenoxy) is 1. The predicted molar refractivity (Wildman–Crippen MR) is 94.6 cm³/mol. The number of aryl methyl sites for hydroxylation is 1. The molecular formula is C18H26BrClO. The fraction of sp³-hybridized carbons (Fsp3) is 0.667. The van der Waals surface area contributed by atoms with E-state index in [1.165, 1.54) is 49.7 Å². The van der Waals surface area contributed by atoms with Gasteiger partial charge in [-0.2, -0.15) is 0 Å². The lowest BCUT2D eigenvalue weighted by molar-refractivity contribution is 0.392. The molecule has 2 rings (SSSR count). The first-order valence-corrected chi connectivity index (χ1v) is 9.25. The molecule has 1 saturated carbocycles. The van der Waals surface area contributed by atoms with Gasteiger partial charge in [0.2, 0.25) is 0 Å². The van der Waals surface area contributed by atoms with Crippen molar-refractivity contribution in [1.29, 1.82) is 0 Å². The van der Waals surface area contributed by atoms with Gasteiger partial charge in [0.05, 0.1) is 12.5 Å². The number of hydrogen-bond acceptors (Lipinski definition) is 1. The second-order valence-corrected chi connectivity index (χ2v) is 7.69. The van der Waals surface area contributed by atoms with E-state index in [4.69, 9.17) is 16.3 Å². The fourth-order valence-electron chi connectivity index (χ4n) is 3.53. The second-order valence-electron chi connectivity index (χ2n) is 6.31. The third-order valence-corrected chi connectivity index (χ3v) is 5.96. The Kier molecular flexibility index (Phi) is 6.43. The highest BCUT2D eigenvalue weighted by molar-refractivity contribution is 9.10. The van der Waals surface area contributed by atoms with Crippen LogP contribution in [0.1, 0.15) is 67.0 Å². The normalized spacial score (nSPS) is 18.3. The van der Waals surface area contributed by atoms with Crippen LogP contribution in [0, 0.1) is 19.8 Å². The average Bonchev–Trinajstić information content (AvgIpc) is 2.70. The SMILES string of the molecule is COc1c(C)cc(Br)c(C)c1C(Cl)CC1CCCCCC1. The Morgan fingerprint density at radius 1 is 1.24 bits per heavy atom. The zero-order valence-electron chi connectivity index (χ0n) is 13.3. The van der Waals surface area contributed by atoms with Gasteiger partial charge in [-0.15, -0.1) is 11.6 Å². The topological polar surface area (TPSA) is 9.23 Å². The van der Waals surface area contributed by atoms with E-state index in [0.717, 1.165) is 28.1 Å². The molecule has 21 heavy (non-hydrogen) atoms. The minimum absolute atomic E-state index is 0.0410. The molecule has 0 bridgehead atoms. The van der Waals surface area contributed by atoms with Crippen LogP contribution in [0.25, 0.3) is 0 Å². The fourth-order valence-corrected chi connectivity index (χ4v) is 4.61. The van der Waals surface area contributed by atoms with E-state index in [1.807, 2.05) is 0 Å². The van der Waals surface area contributed by atoms with Gasteiger partial charge in [0.1, 0.15) is 5.75 Å². The standard InChI is InChI=1S/C18H26BrClO/c1-12-10-15(19)13(2)17(18(12)21-3)16(20)11-14-8-6-4-5-7-9-14/h10,14,16H,4-9,11H2,1-3H3. The van der Waals surface area contributed by atoms with Crippen molar-refractivity contribution < 1.29 is 4.74 Å². The summed E-state index contributed by atoms with van der Waals surface area (Å²) in [5.41, 5.74) is 3.54. The Morgan fingerprint density at radius 3 is 2.43 bits per heavy atom. The molecule has 0 N–H and O–H groups in total. The van der Waals surface area contributed by atoms with Gasteiger partial charge in [-0.25, -0.2) is 0 Å². The number of alkyl halides is 1. The Balaban J connectivity index is 2.23. The van der Waals surface area contributed by atoms with Crippen molar-refractivity contribution in [3.63, 3.8) is 0 Å². The summed E-state index contributed by atoms with van der Waals surface area (Å²) >= 11 is 10.5. The van der Waals surface area contributed by atoms with Crippen LogP contribution in [0.5, 0.6) is 5.75 Å². The Morgan fingerprint density at radius 2 is 1.86 bits per heavy atom. The average molecular weight is 374 g/mol. The van der Waals surface area contributed by atoms with E-state index in [1.54, 1.807) is 7.11 Å². The molecule has 1 atom stereocenters. The van der Waals surface area contributed by atoms with Crippen molar-refractivity contribution in [3.8, 4) is 5.75 Å². The summed E-state index contributed by atoms with van der Waals surface area (Å²) in [7, 11) is 1.74. The van der Waals surface area contributed by atoms with Crippen LogP contribution in [0.15, 0.2) is 10.5 Å². The van der Waals surface area contributed by atoms with Crippen molar-refractivity contribution in [3.05, 3.63) is 27.2 Å². The molecule has 0 aromatic heterocycles. The van der Waals surface area contributed by atoms with E-state index in [9.17, 15) is 0 Å². The van der Waals surface area contributed by atoms with Gasteiger partial charge in [-0.3, -0.25) is 0 Å². The zero-order valence-corrected chi connectivity index (χ0v) is 15.7. The zero-order chi connectivity index (χ0) is 15.4. The highest BCUT2D eigenvalue weighted by Crippen LogP contribution is 2.43. The smallest absolute Gasteiger partial charge is 0.126 e. The van der Waals surface area contributed by atoms with E-state index >= 15 is 0 Å². The van der Waals surface area contributed by atoms with Gasteiger partial charge < -0.3 is 4.74 Å². The molecule has 0 heterocycles. The maximum Gasteiger partial charge on any atom is 0.126 e. The summed E-state index contributed by atoms with van der Waals surface area (Å²) < 4.78 is 6.77. The molecule has 0 spiro atoms. The van der Waals surface area contributed by atoms with Gasteiger partial charge in [0.25, 0.3) is 0 Å². The van der Waals surface area contributed by atoms with Gasteiger partial charge >= 0.3 is 0 Å². The number of rotatable bonds is 4. The molecule has 3 heteroatoms. The van der Waals surface area contributed by atoms with Crippen LogP contribution in [0.3, 0.4) is 0 Å². The quantitative estimate of drug-likeness (QED) is 0.420. The van der Waals surface area contributed by atoms with Gasteiger partial charge in [-0.1, -0.05) is 54.5 Å². The Labute approximate surface area is 142 Å². The molecule has 0 aliphatic heterocycles. The number of benzene rings is 1. The van der Waals surface area contributed by atoms with Crippen LogP contribution in [-0.2, 0) is 0 Å². The van der Waals surface area contributed by atoms with Crippen LogP contribution < -0.4 is 4.74 Å². The molecule has 0 saturated heterocycles. The summed E-state index contributed by atoms with van der Waals surface area (Å²) in [4.78, 5) is 0. The van der Waals surface area contributed by atoms with Crippen LogP contribution in [-0.4, -0.2) is 7.11 Å². The molecule has 0 amide bonds. The predicted octanol–water partition coefficient (Wildman–Crippen LogP) is 6.71. The van der Waals surface area contributed by atoms with Crippen molar-refractivity contribution in [1.82, 2.24) is 0 Å². The summed E-state index contributed by atoms with van der Waals surface area (Å²) in [5, 5.41) is 0.0410. The molecule has 0 radical (unpaired) electrons. The Bertz CT molecular complexity index is 479. The van der Waals surface area contributed by atoms with Crippen molar-refractivity contribution in [2.75, 3.05) is 7.11 Å². The maximum atomic E-state index is 6.83. The first-order valence-electron chi connectivity index (χ1n) is 8.02. The largest absolute Gasteiger partial charge is 0.496 e. The molecule has 1 aromatic rings. The van der Waals surface area contributed by atoms with Crippen molar-refractivity contribution in [2.45, 2.75) is 64.2 Å². The molecule has 1 aromatic carbocycles. The van der Waals surface area contributed by atoms with E-state index in [2.05, 4.69) is 35.8 Å². The molecular weight excluding hydrogens is 348 g/mol. The molecule has 118 valence electrons. The minimum Gasteiger partial charge on any atom is -0.496 e. The molecule has 1 unspecified atom stereocenters. The third-order valence-electron chi connectivity index (χ3n) is 4.74. The van der Waals surface area contributed by atoms with E-state index in [-0.39, 0.29) is 5.38 Å². The van der Waals surface area contributed by atoms with Crippen molar-refractivity contribution in [2.24, 2.45) is 5.92 Å². The van der Waals surface area contributed by atoms with Crippen molar-refractivity contribution >= 4 is 27.5 Å². The van der Waals surface area contributed by atoms with Gasteiger partial charge in [0.15, 0.2) is 0 Å². The Hall–Kier alpha value is -0.210. The molecule has 1 nitrogen and oxygen atoms in total. The lowest BCUT2D eigenvalue weighted by Gasteiger charge is -2.23. The first kappa shape index (κ1) is 17.1. The monoisotopic (exact) mass is 372 g/mol. The minimum atomic E-state index is 0.0410. The lowest BCUT2D eigenvalue weighted by Crippen LogP contribution is -2.07. The van der Waals surface area contributed by atoms with Crippen LogP contribution in [0.2, 0.25) is 0 Å². The third kappa shape index (κ3) is 4.16. The maximum absolute atomic E-state index is 6.83. The highest BCUT2D eigenvalue weighted by atomic mass is 79.9. The number of methoxy groups -OCH3 is 1. The number of hydrogen-bond donors (Lipinski definition) is 0. The number of halogens is 2. The summed E-state index contributed by atoms with van der Waals surface area (Å²) in [6.45, 7) is 4.21. The van der Waals surface area contributed by atoms with Crippen LogP contribution in [0.4, 0.5) is 0 Å². The second kappa shape index (κ2) is 7.87. The lowest BCUT2D eigenvalue weighted by atomic mass is 9.90. The van der Waals surface area contributed by atoms with Crippen LogP contribution >= 0.6 is 27.5 Å². The molecule has 1 aliphatic rings. The molecule has 1 aliphatic carbocycles. The summed E-state index contributed by atoms with van der Waals surface area (Å²) in [6, 6.07) is 2.12.